The van der Waals surface area contributed by atoms with E-state index in [0.717, 1.165) is 26.1 Å². The van der Waals surface area contributed by atoms with E-state index in [4.69, 9.17) is 0 Å². The first-order valence-electron chi connectivity index (χ1n) is 7.10. The molecule has 0 radical (unpaired) electrons. The molecule has 1 aliphatic rings. The van der Waals surface area contributed by atoms with Gasteiger partial charge in [0.25, 0.3) is 0 Å². The Morgan fingerprint density at radius 3 is 2.83 bits per heavy atom. The highest BCUT2D eigenvalue weighted by atomic mass is 16.3. The molecule has 1 saturated heterocycles. The molecule has 0 bridgehead atoms. The van der Waals surface area contributed by atoms with Crippen molar-refractivity contribution in [2.24, 2.45) is 5.92 Å². The smallest absolute Gasteiger partial charge is 0.0625 e. The molecule has 2 unspecified atom stereocenters. The molecule has 2 heterocycles. The van der Waals surface area contributed by atoms with Gasteiger partial charge in [0, 0.05) is 19.1 Å². The molecule has 102 valence electrons. The second-order valence-electron chi connectivity index (χ2n) is 5.28. The summed E-state index contributed by atoms with van der Waals surface area (Å²) in [6, 6.07) is 2.52. The Bertz CT molecular complexity index is 388. The number of nitrogens with zero attached hydrogens (tertiary/aromatic N) is 3. The Balaban J connectivity index is 2.11. The van der Waals surface area contributed by atoms with E-state index in [9.17, 15) is 5.11 Å². The van der Waals surface area contributed by atoms with Crippen LogP contribution in [0.25, 0.3) is 0 Å². The molecule has 1 aromatic heterocycles. The van der Waals surface area contributed by atoms with Gasteiger partial charge in [-0.2, -0.15) is 5.10 Å². The highest BCUT2D eigenvalue weighted by Gasteiger charge is 2.30. The van der Waals surface area contributed by atoms with Crippen LogP contribution in [-0.2, 0) is 19.5 Å². The molecule has 1 N–H and O–H groups in total. The van der Waals surface area contributed by atoms with Crippen LogP contribution in [0.2, 0.25) is 0 Å². The van der Waals surface area contributed by atoms with Crippen LogP contribution < -0.4 is 0 Å². The van der Waals surface area contributed by atoms with Gasteiger partial charge in [0.05, 0.1) is 18.0 Å². The van der Waals surface area contributed by atoms with Gasteiger partial charge in [-0.05, 0) is 38.3 Å². The molecule has 2 atom stereocenters. The van der Waals surface area contributed by atoms with E-state index in [1.165, 1.54) is 17.8 Å². The number of likely N-dealkylation sites (tertiary alicyclic amines) is 1. The third kappa shape index (κ3) is 2.59. The molecule has 0 amide bonds. The summed E-state index contributed by atoms with van der Waals surface area (Å²) >= 11 is 0. The zero-order valence-corrected chi connectivity index (χ0v) is 11.8. The average Bonchev–Trinajstić information content (AvgIpc) is 2.93. The molecule has 0 spiro atoms. The molecular weight excluding hydrogens is 226 g/mol. The van der Waals surface area contributed by atoms with E-state index in [1.807, 2.05) is 0 Å². The van der Waals surface area contributed by atoms with E-state index in [0.29, 0.717) is 12.0 Å². The van der Waals surface area contributed by atoms with Crippen LogP contribution >= 0.6 is 0 Å². The van der Waals surface area contributed by atoms with Gasteiger partial charge < -0.3 is 5.11 Å². The number of aliphatic hydroxyl groups excluding tert-OH is 1. The lowest BCUT2D eigenvalue weighted by molar-refractivity contribution is 0.132. The number of aromatic nitrogens is 2. The minimum absolute atomic E-state index is 0.266. The maximum atomic E-state index is 9.50. The van der Waals surface area contributed by atoms with Crippen LogP contribution in [-0.4, -0.2) is 39.0 Å². The molecule has 2 rings (SSSR count). The van der Waals surface area contributed by atoms with Crippen LogP contribution in [0.5, 0.6) is 0 Å². The standard InChI is InChI=1S/C14H25N3O/c1-4-12-8-13(17(5-2)15-12)9-16-7-6-11(3)14(16)10-18/h8,11,14,18H,4-7,9-10H2,1-3H3. The van der Waals surface area contributed by atoms with Gasteiger partial charge in [-0.15, -0.1) is 0 Å². The number of rotatable bonds is 5. The fourth-order valence-corrected chi connectivity index (χ4v) is 2.88. The predicted molar refractivity (Wildman–Crippen MR) is 72.3 cm³/mol. The van der Waals surface area contributed by atoms with E-state index < -0.39 is 0 Å². The molecule has 0 aromatic carbocycles. The molecule has 1 fully saturated rings. The lowest BCUT2D eigenvalue weighted by Gasteiger charge is -2.25. The van der Waals surface area contributed by atoms with Crippen molar-refractivity contribution in [3.63, 3.8) is 0 Å². The first-order valence-corrected chi connectivity index (χ1v) is 7.10. The van der Waals surface area contributed by atoms with Gasteiger partial charge in [0.15, 0.2) is 0 Å². The van der Waals surface area contributed by atoms with Crippen LogP contribution in [0.15, 0.2) is 6.07 Å². The highest BCUT2D eigenvalue weighted by Crippen LogP contribution is 2.25. The summed E-state index contributed by atoms with van der Waals surface area (Å²) in [5, 5.41) is 14.1. The van der Waals surface area contributed by atoms with Gasteiger partial charge in [0.1, 0.15) is 0 Å². The lowest BCUT2D eigenvalue weighted by atomic mass is 10.0. The number of aryl methyl sites for hydroxylation is 2. The first kappa shape index (κ1) is 13.6. The average molecular weight is 251 g/mol. The predicted octanol–water partition coefficient (Wildman–Crippen LogP) is 1.67. The molecule has 18 heavy (non-hydrogen) atoms. The Morgan fingerprint density at radius 1 is 1.44 bits per heavy atom. The fraction of sp³-hybridized carbons (Fsp3) is 0.786. The van der Waals surface area contributed by atoms with E-state index >= 15 is 0 Å². The van der Waals surface area contributed by atoms with Gasteiger partial charge in [-0.1, -0.05) is 13.8 Å². The van der Waals surface area contributed by atoms with Gasteiger partial charge in [-0.3, -0.25) is 9.58 Å². The Morgan fingerprint density at radius 2 is 2.22 bits per heavy atom. The topological polar surface area (TPSA) is 41.3 Å². The van der Waals surface area contributed by atoms with Gasteiger partial charge in [0.2, 0.25) is 0 Å². The number of hydrogen-bond donors (Lipinski definition) is 1. The van der Waals surface area contributed by atoms with Crippen molar-refractivity contribution >= 4 is 0 Å². The van der Waals surface area contributed by atoms with Crippen LogP contribution in [0, 0.1) is 5.92 Å². The molecule has 0 aliphatic carbocycles. The second-order valence-corrected chi connectivity index (χ2v) is 5.28. The molecule has 4 heteroatoms. The zero-order chi connectivity index (χ0) is 13.1. The summed E-state index contributed by atoms with van der Waals surface area (Å²) in [4.78, 5) is 2.40. The minimum atomic E-state index is 0.266. The lowest BCUT2D eigenvalue weighted by Crippen LogP contribution is -2.35. The molecule has 0 saturated carbocycles. The van der Waals surface area contributed by atoms with Crippen molar-refractivity contribution in [3.8, 4) is 0 Å². The summed E-state index contributed by atoms with van der Waals surface area (Å²) in [5.74, 6) is 0.596. The minimum Gasteiger partial charge on any atom is -0.395 e. The van der Waals surface area contributed by atoms with Crippen LogP contribution in [0.3, 0.4) is 0 Å². The van der Waals surface area contributed by atoms with E-state index in [1.54, 1.807) is 0 Å². The zero-order valence-electron chi connectivity index (χ0n) is 11.8. The molecule has 1 aromatic rings. The van der Waals surface area contributed by atoms with Gasteiger partial charge in [-0.25, -0.2) is 0 Å². The Labute approximate surface area is 110 Å². The van der Waals surface area contributed by atoms with Gasteiger partial charge >= 0.3 is 0 Å². The number of aliphatic hydroxyl groups is 1. The normalized spacial score (nSPS) is 24.9. The van der Waals surface area contributed by atoms with Crippen LogP contribution in [0.1, 0.15) is 38.6 Å². The third-order valence-electron chi connectivity index (χ3n) is 4.13. The Hall–Kier alpha value is -0.870. The first-order chi connectivity index (χ1) is 8.69. The largest absolute Gasteiger partial charge is 0.395 e. The molecular formula is C14H25N3O. The summed E-state index contributed by atoms with van der Waals surface area (Å²) in [6.45, 7) is 9.69. The summed E-state index contributed by atoms with van der Waals surface area (Å²) in [6.07, 6.45) is 2.17. The monoisotopic (exact) mass is 251 g/mol. The highest BCUT2D eigenvalue weighted by molar-refractivity contribution is 5.11. The molecule has 1 aliphatic heterocycles. The maximum Gasteiger partial charge on any atom is 0.0625 e. The van der Waals surface area contributed by atoms with Crippen molar-refractivity contribution in [3.05, 3.63) is 17.5 Å². The van der Waals surface area contributed by atoms with Crippen LogP contribution in [0.4, 0.5) is 0 Å². The fourth-order valence-electron chi connectivity index (χ4n) is 2.88. The Kier molecular flexibility index (Phi) is 4.40. The quantitative estimate of drug-likeness (QED) is 0.865. The van der Waals surface area contributed by atoms with Crippen molar-refractivity contribution in [2.75, 3.05) is 13.2 Å². The van der Waals surface area contributed by atoms with Crippen molar-refractivity contribution in [2.45, 2.75) is 52.7 Å². The summed E-state index contributed by atoms with van der Waals surface area (Å²) < 4.78 is 2.09. The SMILES string of the molecule is CCc1cc(CN2CCC(C)C2CO)n(CC)n1. The van der Waals surface area contributed by atoms with Crippen molar-refractivity contribution in [1.29, 1.82) is 0 Å². The molecule has 4 nitrogen and oxygen atoms in total. The summed E-state index contributed by atoms with van der Waals surface area (Å²) in [7, 11) is 0. The maximum absolute atomic E-state index is 9.50. The van der Waals surface area contributed by atoms with E-state index in [-0.39, 0.29) is 6.61 Å². The summed E-state index contributed by atoms with van der Waals surface area (Å²) in [5.41, 5.74) is 2.45. The van der Waals surface area contributed by atoms with Crippen molar-refractivity contribution in [1.82, 2.24) is 14.7 Å². The third-order valence-corrected chi connectivity index (χ3v) is 4.13. The second kappa shape index (κ2) is 5.85. The van der Waals surface area contributed by atoms with Crippen molar-refractivity contribution < 1.29 is 5.11 Å². The van der Waals surface area contributed by atoms with E-state index in [2.05, 4.69) is 41.5 Å². The number of hydrogen-bond acceptors (Lipinski definition) is 3.